The molecule has 0 saturated carbocycles. The summed E-state index contributed by atoms with van der Waals surface area (Å²) in [4.78, 5) is 4.84. The Balaban J connectivity index is 2.16. The third kappa shape index (κ3) is 3.62. The smallest absolute Gasteiger partial charge is 0.128 e. The van der Waals surface area contributed by atoms with Crippen LogP contribution in [-0.4, -0.2) is 48.1 Å². The van der Waals surface area contributed by atoms with Gasteiger partial charge in [0.25, 0.3) is 0 Å². The molecule has 2 N–H and O–H groups in total. The number of halogens is 1. The standard InChI is InChI=1S/C17H28FN3/c1-4-20(5-2)14-10-11-21(12-14)17(13(3)19)15-8-6-7-9-16(15)18/h6-9,13-14,17H,4-5,10-12,19H2,1-3H3. The molecule has 0 spiro atoms. The van der Waals surface area contributed by atoms with Crippen LogP contribution in [-0.2, 0) is 0 Å². The van der Waals surface area contributed by atoms with Gasteiger partial charge in [-0.3, -0.25) is 9.80 Å². The summed E-state index contributed by atoms with van der Waals surface area (Å²) >= 11 is 0. The first-order valence-corrected chi connectivity index (χ1v) is 8.06. The molecule has 2 rings (SSSR count). The Bertz CT molecular complexity index is 445. The summed E-state index contributed by atoms with van der Waals surface area (Å²) in [5, 5.41) is 0. The fraction of sp³-hybridized carbons (Fsp3) is 0.647. The number of hydrogen-bond acceptors (Lipinski definition) is 3. The van der Waals surface area contributed by atoms with Gasteiger partial charge in [0.2, 0.25) is 0 Å². The third-order valence-corrected chi connectivity index (χ3v) is 4.64. The molecule has 0 radical (unpaired) electrons. The first kappa shape index (κ1) is 16.4. The number of likely N-dealkylation sites (N-methyl/N-ethyl adjacent to an activating group) is 1. The molecule has 3 nitrogen and oxygen atoms in total. The molecule has 0 bridgehead atoms. The van der Waals surface area contributed by atoms with Crippen LogP contribution >= 0.6 is 0 Å². The van der Waals surface area contributed by atoms with Crippen LogP contribution in [0.5, 0.6) is 0 Å². The molecule has 21 heavy (non-hydrogen) atoms. The Morgan fingerprint density at radius 2 is 2.00 bits per heavy atom. The van der Waals surface area contributed by atoms with Crippen molar-refractivity contribution in [1.82, 2.24) is 9.80 Å². The second-order valence-corrected chi connectivity index (χ2v) is 5.98. The summed E-state index contributed by atoms with van der Waals surface area (Å²) in [5.41, 5.74) is 6.91. The van der Waals surface area contributed by atoms with Crippen molar-refractivity contribution in [2.75, 3.05) is 26.2 Å². The molecule has 0 aliphatic carbocycles. The van der Waals surface area contributed by atoms with Gasteiger partial charge in [-0.25, -0.2) is 4.39 Å². The molecule has 4 heteroatoms. The maximum absolute atomic E-state index is 14.1. The zero-order chi connectivity index (χ0) is 15.4. The molecule has 0 amide bonds. The van der Waals surface area contributed by atoms with Crippen LogP contribution in [0, 0.1) is 5.82 Å². The zero-order valence-corrected chi connectivity index (χ0v) is 13.4. The van der Waals surface area contributed by atoms with E-state index in [0.29, 0.717) is 6.04 Å². The Morgan fingerprint density at radius 1 is 1.33 bits per heavy atom. The normalized spacial score (nSPS) is 22.7. The lowest BCUT2D eigenvalue weighted by atomic mass is 9.99. The minimum Gasteiger partial charge on any atom is -0.326 e. The predicted molar refractivity (Wildman–Crippen MR) is 85.7 cm³/mol. The van der Waals surface area contributed by atoms with Gasteiger partial charge in [0.15, 0.2) is 0 Å². The maximum atomic E-state index is 14.1. The van der Waals surface area contributed by atoms with E-state index in [1.807, 2.05) is 19.1 Å². The van der Waals surface area contributed by atoms with Crippen LogP contribution in [0.2, 0.25) is 0 Å². The first-order chi connectivity index (χ1) is 10.1. The lowest BCUT2D eigenvalue weighted by Gasteiger charge is -2.33. The van der Waals surface area contributed by atoms with Crippen LogP contribution in [0.1, 0.15) is 38.8 Å². The van der Waals surface area contributed by atoms with E-state index in [2.05, 4.69) is 23.6 Å². The van der Waals surface area contributed by atoms with Crippen molar-refractivity contribution in [3.05, 3.63) is 35.6 Å². The third-order valence-electron chi connectivity index (χ3n) is 4.64. The van der Waals surface area contributed by atoms with Crippen molar-refractivity contribution in [1.29, 1.82) is 0 Å². The molecule has 1 aromatic rings. The molecule has 118 valence electrons. The quantitative estimate of drug-likeness (QED) is 0.875. The van der Waals surface area contributed by atoms with Crippen molar-refractivity contribution in [3.63, 3.8) is 0 Å². The average molecular weight is 293 g/mol. The van der Waals surface area contributed by atoms with Gasteiger partial charge in [-0.1, -0.05) is 32.0 Å². The maximum Gasteiger partial charge on any atom is 0.128 e. The lowest BCUT2D eigenvalue weighted by Crippen LogP contribution is -2.42. The van der Waals surface area contributed by atoms with Gasteiger partial charge in [-0.15, -0.1) is 0 Å². The van der Waals surface area contributed by atoms with E-state index >= 15 is 0 Å². The summed E-state index contributed by atoms with van der Waals surface area (Å²) in [6.07, 6.45) is 1.14. The summed E-state index contributed by atoms with van der Waals surface area (Å²) in [6.45, 7) is 10.5. The van der Waals surface area contributed by atoms with Crippen LogP contribution in [0.15, 0.2) is 24.3 Å². The van der Waals surface area contributed by atoms with E-state index in [9.17, 15) is 4.39 Å². The van der Waals surface area contributed by atoms with Crippen molar-refractivity contribution in [2.45, 2.75) is 45.3 Å². The summed E-state index contributed by atoms with van der Waals surface area (Å²) in [7, 11) is 0. The number of likely N-dealkylation sites (tertiary alicyclic amines) is 1. The van der Waals surface area contributed by atoms with E-state index in [-0.39, 0.29) is 17.9 Å². The van der Waals surface area contributed by atoms with Gasteiger partial charge < -0.3 is 5.73 Å². The van der Waals surface area contributed by atoms with E-state index in [1.165, 1.54) is 6.07 Å². The second-order valence-electron chi connectivity index (χ2n) is 5.98. The van der Waals surface area contributed by atoms with Gasteiger partial charge in [0.1, 0.15) is 5.82 Å². The van der Waals surface area contributed by atoms with Crippen molar-refractivity contribution >= 4 is 0 Å². The molecule has 0 aromatic heterocycles. The van der Waals surface area contributed by atoms with Gasteiger partial charge in [0.05, 0.1) is 6.04 Å². The van der Waals surface area contributed by atoms with Crippen LogP contribution in [0.4, 0.5) is 4.39 Å². The molecule has 1 aliphatic rings. The summed E-state index contributed by atoms with van der Waals surface area (Å²) in [5.74, 6) is -0.147. The van der Waals surface area contributed by atoms with Crippen LogP contribution in [0.25, 0.3) is 0 Å². The molecule has 1 fully saturated rings. The Labute approximate surface area is 127 Å². The number of benzene rings is 1. The van der Waals surface area contributed by atoms with Crippen LogP contribution < -0.4 is 5.73 Å². The molecule has 3 unspecified atom stereocenters. The first-order valence-electron chi connectivity index (χ1n) is 8.06. The monoisotopic (exact) mass is 293 g/mol. The topological polar surface area (TPSA) is 32.5 Å². The molecule has 1 heterocycles. The highest BCUT2D eigenvalue weighted by Crippen LogP contribution is 2.30. The molecule has 1 aromatic carbocycles. The van der Waals surface area contributed by atoms with E-state index in [0.717, 1.165) is 38.2 Å². The number of nitrogens with zero attached hydrogens (tertiary/aromatic N) is 2. The lowest BCUT2D eigenvalue weighted by molar-refractivity contribution is 0.174. The van der Waals surface area contributed by atoms with Crippen molar-refractivity contribution in [2.24, 2.45) is 5.73 Å². The average Bonchev–Trinajstić information content (AvgIpc) is 2.92. The molecular formula is C17H28FN3. The molecule has 1 saturated heterocycles. The van der Waals surface area contributed by atoms with Crippen molar-refractivity contribution in [3.8, 4) is 0 Å². The fourth-order valence-corrected chi connectivity index (χ4v) is 3.59. The van der Waals surface area contributed by atoms with E-state index < -0.39 is 0 Å². The van der Waals surface area contributed by atoms with Gasteiger partial charge in [-0.05, 0) is 32.5 Å². The molecular weight excluding hydrogens is 265 g/mol. The zero-order valence-electron chi connectivity index (χ0n) is 13.4. The molecule has 3 atom stereocenters. The minimum atomic E-state index is -0.147. The number of hydrogen-bond donors (Lipinski definition) is 1. The number of rotatable bonds is 6. The van der Waals surface area contributed by atoms with Crippen molar-refractivity contribution < 1.29 is 4.39 Å². The van der Waals surface area contributed by atoms with Gasteiger partial charge in [0, 0.05) is 30.7 Å². The summed E-state index contributed by atoms with van der Waals surface area (Å²) in [6, 6.07) is 7.47. The van der Waals surface area contributed by atoms with Gasteiger partial charge >= 0.3 is 0 Å². The fourth-order valence-electron chi connectivity index (χ4n) is 3.59. The highest BCUT2D eigenvalue weighted by molar-refractivity contribution is 5.23. The Hall–Kier alpha value is -0.970. The highest BCUT2D eigenvalue weighted by atomic mass is 19.1. The SMILES string of the molecule is CCN(CC)C1CCN(C(c2ccccc2F)C(C)N)C1. The Kier molecular flexibility index (Phi) is 5.73. The second kappa shape index (κ2) is 7.34. The van der Waals surface area contributed by atoms with E-state index in [4.69, 9.17) is 5.73 Å². The Morgan fingerprint density at radius 3 is 2.57 bits per heavy atom. The van der Waals surface area contributed by atoms with E-state index in [1.54, 1.807) is 6.07 Å². The number of nitrogens with two attached hydrogens (primary N) is 1. The minimum absolute atomic E-state index is 0.0354. The van der Waals surface area contributed by atoms with Gasteiger partial charge in [-0.2, -0.15) is 0 Å². The summed E-state index contributed by atoms with van der Waals surface area (Å²) < 4.78 is 14.1. The highest BCUT2D eigenvalue weighted by Gasteiger charge is 2.34. The van der Waals surface area contributed by atoms with Crippen LogP contribution in [0.3, 0.4) is 0 Å². The predicted octanol–water partition coefficient (Wildman–Crippen LogP) is 2.63. The molecule has 1 aliphatic heterocycles. The largest absolute Gasteiger partial charge is 0.326 e.